The Bertz CT molecular complexity index is 1280. The van der Waals surface area contributed by atoms with E-state index in [9.17, 15) is 4.39 Å². The van der Waals surface area contributed by atoms with Crippen LogP contribution in [0.15, 0.2) is 101 Å². The molecule has 5 aromatic rings. The lowest BCUT2D eigenvalue weighted by Gasteiger charge is -2.09. The molecule has 140 valence electrons. The summed E-state index contributed by atoms with van der Waals surface area (Å²) in [6, 6.07) is 30.2. The zero-order chi connectivity index (χ0) is 19.6. The summed E-state index contributed by atoms with van der Waals surface area (Å²) in [6.07, 6.45) is 0. The number of fused-ring (bicyclic) bond motifs is 1. The Morgan fingerprint density at radius 3 is 2.28 bits per heavy atom. The van der Waals surface area contributed by atoms with Crippen molar-refractivity contribution < 1.29 is 8.81 Å². The van der Waals surface area contributed by atoms with Crippen LogP contribution in [0, 0.1) is 5.82 Å². The van der Waals surface area contributed by atoms with Crippen LogP contribution in [0.5, 0.6) is 0 Å². The Kier molecular flexibility index (Phi) is 4.30. The van der Waals surface area contributed by atoms with Crippen molar-refractivity contribution in [1.29, 1.82) is 0 Å². The lowest BCUT2D eigenvalue weighted by molar-refractivity contribution is 0.621. The number of oxazole rings is 1. The standard InChI is InChI=1S/C25H17FN2O/c26-20-14-12-17(13-15-20)19-8-4-9-21(16-19)27-22-10-5-11-23-24(22)29-25(28-23)18-6-2-1-3-7-18/h1-16,27H. The summed E-state index contributed by atoms with van der Waals surface area (Å²) < 4.78 is 19.3. The van der Waals surface area contributed by atoms with Crippen molar-refractivity contribution in [3.8, 4) is 22.6 Å². The number of benzene rings is 4. The fraction of sp³-hybridized carbons (Fsp3) is 0. The quantitative estimate of drug-likeness (QED) is 0.363. The van der Waals surface area contributed by atoms with Crippen LogP contribution in [0.3, 0.4) is 0 Å². The number of rotatable bonds is 4. The third-order valence-electron chi connectivity index (χ3n) is 4.75. The average molecular weight is 380 g/mol. The molecule has 4 aromatic carbocycles. The van der Waals surface area contributed by atoms with E-state index in [1.807, 2.05) is 72.8 Å². The molecular formula is C25H17FN2O. The Balaban J connectivity index is 1.50. The Morgan fingerprint density at radius 1 is 0.690 bits per heavy atom. The van der Waals surface area contributed by atoms with Crippen LogP contribution in [0.4, 0.5) is 15.8 Å². The minimum Gasteiger partial charge on any atom is -0.434 e. The van der Waals surface area contributed by atoms with Gasteiger partial charge in [-0.15, -0.1) is 0 Å². The van der Waals surface area contributed by atoms with Gasteiger partial charge in [-0.25, -0.2) is 9.37 Å². The van der Waals surface area contributed by atoms with Gasteiger partial charge in [-0.1, -0.05) is 48.5 Å². The number of hydrogen-bond acceptors (Lipinski definition) is 3. The monoisotopic (exact) mass is 380 g/mol. The zero-order valence-corrected chi connectivity index (χ0v) is 15.5. The molecule has 0 spiro atoms. The second-order valence-corrected chi connectivity index (χ2v) is 6.75. The largest absolute Gasteiger partial charge is 0.434 e. The van der Waals surface area contributed by atoms with Crippen molar-refractivity contribution in [2.45, 2.75) is 0 Å². The normalized spacial score (nSPS) is 10.9. The van der Waals surface area contributed by atoms with Crippen molar-refractivity contribution in [3.05, 3.63) is 103 Å². The summed E-state index contributed by atoms with van der Waals surface area (Å²) in [5, 5.41) is 3.43. The van der Waals surface area contributed by atoms with Gasteiger partial charge < -0.3 is 9.73 Å². The molecule has 1 N–H and O–H groups in total. The second-order valence-electron chi connectivity index (χ2n) is 6.75. The predicted molar refractivity (Wildman–Crippen MR) is 115 cm³/mol. The maximum atomic E-state index is 13.2. The van der Waals surface area contributed by atoms with Gasteiger partial charge >= 0.3 is 0 Å². The molecule has 0 aliphatic heterocycles. The van der Waals surface area contributed by atoms with Gasteiger partial charge in [-0.3, -0.25) is 0 Å². The van der Waals surface area contributed by atoms with E-state index in [0.717, 1.165) is 33.6 Å². The molecule has 0 atom stereocenters. The number of anilines is 2. The minimum absolute atomic E-state index is 0.241. The number of halogens is 1. The molecule has 1 aromatic heterocycles. The molecule has 0 aliphatic rings. The first-order valence-electron chi connectivity index (χ1n) is 9.34. The number of nitrogens with one attached hydrogen (secondary N) is 1. The van der Waals surface area contributed by atoms with E-state index < -0.39 is 0 Å². The molecule has 5 rings (SSSR count). The van der Waals surface area contributed by atoms with Gasteiger partial charge in [-0.05, 0) is 59.7 Å². The van der Waals surface area contributed by atoms with Crippen LogP contribution in [0.1, 0.15) is 0 Å². The van der Waals surface area contributed by atoms with Gasteiger partial charge in [0.2, 0.25) is 5.89 Å². The summed E-state index contributed by atoms with van der Waals surface area (Å²) in [7, 11) is 0. The van der Waals surface area contributed by atoms with Crippen LogP contribution in [0.2, 0.25) is 0 Å². The van der Waals surface area contributed by atoms with E-state index in [1.165, 1.54) is 12.1 Å². The van der Waals surface area contributed by atoms with Crippen molar-refractivity contribution in [1.82, 2.24) is 4.98 Å². The molecule has 0 radical (unpaired) electrons. The van der Waals surface area contributed by atoms with Gasteiger partial charge in [0.05, 0.1) is 5.69 Å². The summed E-state index contributed by atoms with van der Waals surface area (Å²) in [5.41, 5.74) is 6.16. The highest BCUT2D eigenvalue weighted by atomic mass is 19.1. The fourth-order valence-corrected chi connectivity index (χ4v) is 3.33. The third-order valence-corrected chi connectivity index (χ3v) is 4.75. The summed E-state index contributed by atoms with van der Waals surface area (Å²) in [5.74, 6) is 0.351. The van der Waals surface area contributed by atoms with E-state index in [0.29, 0.717) is 11.5 Å². The van der Waals surface area contributed by atoms with Gasteiger partial charge in [0.1, 0.15) is 11.3 Å². The lowest BCUT2D eigenvalue weighted by Crippen LogP contribution is -1.91. The number of para-hydroxylation sites is 1. The van der Waals surface area contributed by atoms with E-state index in [4.69, 9.17) is 4.42 Å². The smallest absolute Gasteiger partial charge is 0.227 e. The topological polar surface area (TPSA) is 38.1 Å². The fourth-order valence-electron chi connectivity index (χ4n) is 3.33. The van der Waals surface area contributed by atoms with E-state index in [2.05, 4.69) is 10.3 Å². The van der Waals surface area contributed by atoms with Crippen molar-refractivity contribution >= 4 is 22.5 Å². The maximum Gasteiger partial charge on any atom is 0.227 e. The average Bonchev–Trinajstić information content (AvgIpc) is 3.21. The molecule has 0 amide bonds. The maximum absolute atomic E-state index is 13.2. The Labute approximate surface area is 167 Å². The van der Waals surface area contributed by atoms with Gasteiger partial charge in [0.25, 0.3) is 0 Å². The van der Waals surface area contributed by atoms with E-state index in [1.54, 1.807) is 12.1 Å². The predicted octanol–water partition coefficient (Wildman–Crippen LogP) is 7.04. The van der Waals surface area contributed by atoms with Crippen LogP contribution in [-0.2, 0) is 0 Å². The SMILES string of the molecule is Fc1ccc(-c2cccc(Nc3cccc4nc(-c5ccccc5)oc34)c2)cc1. The van der Waals surface area contributed by atoms with Crippen molar-refractivity contribution in [2.24, 2.45) is 0 Å². The van der Waals surface area contributed by atoms with Gasteiger partial charge in [-0.2, -0.15) is 0 Å². The molecule has 0 aliphatic carbocycles. The highest BCUT2D eigenvalue weighted by Gasteiger charge is 2.12. The number of hydrogen-bond donors (Lipinski definition) is 1. The molecule has 0 saturated heterocycles. The molecular weight excluding hydrogens is 363 g/mol. The van der Waals surface area contributed by atoms with Crippen LogP contribution >= 0.6 is 0 Å². The number of nitrogens with zero attached hydrogens (tertiary/aromatic N) is 1. The molecule has 29 heavy (non-hydrogen) atoms. The molecule has 0 saturated carbocycles. The first-order chi connectivity index (χ1) is 14.3. The summed E-state index contributed by atoms with van der Waals surface area (Å²) in [6.45, 7) is 0. The first-order valence-corrected chi connectivity index (χ1v) is 9.34. The molecule has 0 bridgehead atoms. The zero-order valence-electron chi connectivity index (χ0n) is 15.5. The molecule has 0 fully saturated rings. The minimum atomic E-state index is -0.241. The van der Waals surface area contributed by atoms with Crippen LogP contribution in [-0.4, -0.2) is 4.98 Å². The van der Waals surface area contributed by atoms with E-state index in [-0.39, 0.29) is 5.82 Å². The van der Waals surface area contributed by atoms with Gasteiger partial charge in [0, 0.05) is 11.3 Å². The summed E-state index contributed by atoms with van der Waals surface area (Å²) in [4.78, 5) is 4.62. The Hall–Kier alpha value is -3.92. The Morgan fingerprint density at radius 2 is 1.45 bits per heavy atom. The molecule has 1 heterocycles. The van der Waals surface area contributed by atoms with Crippen molar-refractivity contribution in [2.75, 3.05) is 5.32 Å². The van der Waals surface area contributed by atoms with Crippen molar-refractivity contribution in [3.63, 3.8) is 0 Å². The third kappa shape index (κ3) is 3.48. The van der Waals surface area contributed by atoms with Crippen LogP contribution < -0.4 is 5.32 Å². The molecule has 3 nitrogen and oxygen atoms in total. The number of aromatic nitrogens is 1. The van der Waals surface area contributed by atoms with Gasteiger partial charge in [0.15, 0.2) is 5.58 Å². The molecule has 4 heteroatoms. The molecule has 0 unspecified atom stereocenters. The second kappa shape index (κ2) is 7.24. The first kappa shape index (κ1) is 17.2. The van der Waals surface area contributed by atoms with Crippen LogP contribution in [0.25, 0.3) is 33.7 Å². The lowest BCUT2D eigenvalue weighted by atomic mass is 10.1. The highest BCUT2D eigenvalue weighted by Crippen LogP contribution is 2.32. The summed E-state index contributed by atoms with van der Waals surface area (Å²) >= 11 is 0. The highest BCUT2D eigenvalue weighted by molar-refractivity contribution is 5.90. The van der Waals surface area contributed by atoms with E-state index >= 15 is 0 Å².